The van der Waals surface area contributed by atoms with Gasteiger partial charge in [0.05, 0.1) is 11.5 Å². The molecule has 104 valence electrons. The SMILES string of the molecule is CCCC(COC)NS(=O)(=O)c1csc(CN)c1. The number of hydrogen-bond donors (Lipinski definition) is 2. The van der Waals surface area contributed by atoms with Gasteiger partial charge >= 0.3 is 0 Å². The molecule has 1 unspecified atom stereocenters. The van der Waals surface area contributed by atoms with Gasteiger partial charge in [0.2, 0.25) is 10.0 Å². The van der Waals surface area contributed by atoms with Crippen molar-refractivity contribution in [3.63, 3.8) is 0 Å². The number of methoxy groups -OCH3 is 1. The highest BCUT2D eigenvalue weighted by molar-refractivity contribution is 7.89. The summed E-state index contributed by atoms with van der Waals surface area (Å²) in [5, 5.41) is 1.61. The van der Waals surface area contributed by atoms with Gasteiger partial charge in [-0.15, -0.1) is 11.3 Å². The maximum Gasteiger partial charge on any atom is 0.241 e. The van der Waals surface area contributed by atoms with Gasteiger partial charge < -0.3 is 10.5 Å². The fraction of sp³-hybridized carbons (Fsp3) is 0.636. The number of hydrogen-bond acceptors (Lipinski definition) is 5. The molecule has 0 fully saturated rings. The Kier molecular flexibility index (Phi) is 6.24. The molecule has 0 saturated carbocycles. The Hall–Kier alpha value is -0.470. The highest BCUT2D eigenvalue weighted by atomic mass is 32.2. The average Bonchev–Trinajstić information content (AvgIpc) is 2.78. The largest absolute Gasteiger partial charge is 0.383 e. The van der Waals surface area contributed by atoms with Crippen molar-refractivity contribution in [1.82, 2.24) is 4.72 Å². The van der Waals surface area contributed by atoms with E-state index in [2.05, 4.69) is 4.72 Å². The molecular formula is C11H20N2O3S2. The summed E-state index contributed by atoms with van der Waals surface area (Å²) in [7, 11) is -1.90. The second kappa shape index (κ2) is 7.20. The van der Waals surface area contributed by atoms with Crippen LogP contribution in [0.3, 0.4) is 0 Å². The van der Waals surface area contributed by atoms with Gasteiger partial charge in [-0.1, -0.05) is 13.3 Å². The van der Waals surface area contributed by atoms with Crippen molar-refractivity contribution in [2.24, 2.45) is 5.73 Å². The molecule has 7 heteroatoms. The first kappa shape index (κ1) is 15.6. The van der Waals surface area contributed by atoms with Crippen molar-refractivity contribution < 1.29 is 13.2 Å². The number of thiophene rings is 1. The van der Waals surface area contributed by atoms with Crippen LogP contribution >= 0.6 is 11.3 Å². The topological polar surface area (TPSA) is 81.4 Å². The van der Waals surface area contributed by atoms with E-state index in [4.69, 9.17) is 10.5 Å². The number of nitrogens with two attached hydrogens (primary N) is 1. The minimum atomic E-state index is -3.47. The van der Waals surface area contributed by atoms with E-state index < -0.39 is 10.0 Å². The summed E-state index contributed by atoms with van der Waals surface area (Å²) in [4.78, 5) is 1.14. The van der Waals surface area contributed by atoms with Gasteiger partial charge in [0.25, 0.3) is 0 Å². The van der Waals surface area contributed by atoms with E-state index in [1.807, 2.05) is 6.92 Å². The molecule has 1 heterocycles. The second-order valence-electron chi connectivity index (χ2n) is 4.02. The molecule has 0 aliphatic heterocycles. The Bertz CT molecular complexity index is 451. The minimum Gasteiger partial charge on any atom is -0.383 e. The van der Waals surface area contributed by atoms with Crippen LogP contribution in [0.5, 0.6) is 0 Å². The third kappa shape index (κ3) is 4.33. The van der Waals surface area contributed by atoms with Crippen LogP contribution in [0.2, 0.25) is 0 Å². The van der Waals surface area contributed by atoms with Crippen LogP contribution in [0.15, 0.2) is 16.3 Å². The van der Waals surface area contributed by atoms with Crippen LogP contribution < -0.4 is 10.5 Å². The van der Waals surface area contributed by atoms with Gasteiger partial charge in [0, 0.05) is 30.0 Å². The third-order valence-corrected chi connectivity index (χ3v) is 5.08. The molecule has 1 aromatic rings. The highest BCUT2D eigenvalue weighted by Gasteiger charge is 2.20. The van der Waals surface area contributed by atoms with Gasteiger partial charge in [-0.3, -0.25) is 0 Å². The normalized spacial score (nSPS) is 13.7. The summed E-state index contributed by atoms with van der Waals surface area (Å²) in [6, 6.07) is 1.43. The molecule has 0 bridgehead atoms. The Morgan fingerprint density at radius 2 is 2.28 bits per heavy atom. The van der Waals surface area contributed by atoms with Crippen LogP contribution in [0.1, 0.15) is 24.6 Å². The van der Waals surface area contributed by atoms with Crippen LogP contribution in [-0.2, 0) is 21.3 Å². The van der Waals surface area contributed by atoms with E-state index in [0.29, 0.717) is 13.2 Å². The van der Waals surface area contributed by atoms with Gasteiger partial charge in [-0.05, 0) is 12.5 Å². The number of ether oxygens (including phenoxy) is 1. The monoisotopic (exact) mass is 292 g/mol. The van der Waals surface area contributed by atoms with E-state index in [0.717, 1.165) is 17.7 Å². The second-order valence-corrected chi connectivity index (χ2v) is 6.72. The van der Waals surface area contributed by atoms with Crippen LogP contribution in [-0.4, -0.2) is 28.2 Å². The molecule has 0 aromatic carbocycles. The Labute approximate surface area is 112 Å². The summed E-state index contributed by atoms with van der Waals surface area (Å²) in [6.07, 6.45) is 1.65. The fourth-order valence-corrected chi connectivity index (χ4v) is 4.03. The summed E-state index contributed by atoms with van der Waals surface area (Å²) >= 11 is 1.35. The molecule has 3 N–H and O–H groups in total. The molecule has 1 aromatic heterocycles. The number of nitrogens with one attached hydrogen (secondary N) is 1. The molecule has 0 aliphatic carbocycles. The van der Waals surface area contributed by atoms with Crippen LogP contribution in [0, 0.1) is 0 Å². The molecule has 5 nitrogen and oxygen atoms in total. The zero-order valence-corrected chi connectivity index (χ0v) is 12.3. The van der Waals surface area contributed by atoms with Gasteiger partial charge in [-0.25, -0.2) is 13.1 Å². The van der Waals surface area contributed by atoms with Crippen molar-refractivity contribution in [3.8, 4) is 0 Å². The molecule has 1 atom stereocenters. The first-order chi connectivity index (χ1) is 8.53. The third-order valence-electron chi connectivity index (χ3n) is 2.47. The Balaban J connectivity index is 2.78. The standard InChI is InChI=1S/C11H20N2O3S2/c1-3-4-9(7-16-2)13-18(14,15)11-5-10(6-12)17-8-11/h5,8-9,13H,3-4,6-7,12H2,1-2H3. The van der Waals surface area contributed by atoms with E-state index in [-0.39, 0.29) is 10.9 Å². The minimum absolute atomic E-state index is 0.189. The maximum absolute atomic E-state index is 12.1. The smallest absolute Gasteiger partial charge is 0.241 e. The van der Waals surface area contributed by atoms with Crippen molar-refractivity contribution in [2.45, 2.75) is 37.2 Å². The first-order valence-corrected chi connectivity index (χ1v) is 8.18. The van der Waals surface area contributed by atoms with Crippen molar-refractivity contribution in [1.29, 1.82) is 0 Å². The molecule has 1 rings (SSSR count). The lowest BCUT2D eigenvalue weighted by molar-refractivity contribution is 0.171. The van der Waals surface area contributed by atoms with Crippen molar-refractivity contribution in [3.05, 3.63) is 16.3 Å². The fourth-order valence-electron chi connectivity index (χ4n) is 1.62. The molecule has 0 aliphatic rings. The molecule has 0 amide bonds. The summed E-state index contributed by atoms with van der Waals surface area (Å²) in [6.45, 7) is 2.74. The summed E-state index contributed by atoms with van der Waals surface area (Å²) < 4.78 is 31.9. The van der Waals surface area contributed by atoms with E-state index in [9.17, 15) is 8.42 Å². The lowest BCUT2D eigenvalue weighted by Gasteiger charge is -2.16. The average molecular weight is 292 g/mol. The zero-order chi connectivity index (χ0) is 13.6. The predicted molar refractivity (Wildman–Crippen MR) is 73.1 cm³/mol. The molecule has 0 spiro atoms. The number of rotatable bonds is 8. The van der Waals surface area contributed by atoms with E-state index >= 15 is 0 Å². The zero-order valence-electron chi connectivity index (χ0n) is 10.7. The quantitative estimate of drug-likeness (QED) is 0.756. The molecule has 0 radical (unpaired) electrons. The van der Waals surface area contributed by atoms with Gasteiger partial charge in [0.15, 0.2) is 0 Å². The van der Waals surface area contributed by atoms with E-state index in [1.165, 1.54) is 11.3 Å². The molecular weight excluding hydrogens is 272 g/mol. The van der Waals surface area contributed by atoms with Crippen LogP contribution in [0.4, 0.5) is 0 Å². The summed E-state index contributed by atoms with van der Waals surface area (Å²) in [5.74, 6) is 0. The summed E-state index contributed by atoms with van der Waals surface area (Å²) in [5.41, 5.74) is 5.48. The highest BCUT2D eigenvalue weighted by Crippen LogP contribution is 2.19. The maximum atomic E-state index is 12.1. The first-order valence-electron chi connectivity index (χ1n) is 5.82. The lowest BCUT2D eigenvalue weighted by atomic mass is 10.2. The van der Waals surface area contributed by atoms with Gasteiger partial charge in [0.1, 0.15) is 0 Å². The molecule has 0 saturated heterocycles. The number of sulfonamides is 1. The van der Waals surface area contributed by atoms with Crippen molar-refractivity contribution >= 4 is 21.4 Å². The van der Waals surface area contributed by atoms with Gasteiger partial charge in [-0.2, -0.15) is 0 Å². The Morgan fingerprint density at radius 3 is 2.78 bits per heavy atom. The lowest BCUT2D eigenvalue weighted by Crippen LogP contribution is -2.37. The predicted octanol–water partition coefficient (Wildman–Crippen LogP) is 1.30. The van der Waals surface area contributed by atoms with Crippen molar-refractivity contribution in [2.75, 3.05) is 13.7 Å². The van der Waals surface area contributed by atoms with Crippen LogP contribution in [0.25, 0.3) is 0 Å². The molecule has 18 heavy (non-hydrogen) atoms. The van der Waals surface area contributed by atoms with E-state index in [1.54, 1.807) is 18.6 Å². The Morgan fingerprint density at radius 1 is 1.56 bits per heavy atom.